The van der Waals surface area contributed by atoms with Crippen LogP contribution in [0, 0.1) is 0 Å². The van der Waals surface area contributed by atoms with E-state index >= 15 is 0 Å². The maximum Gasteiger partial charge on any atom is 0.231 e. The first-order valence-electron chi connectivity index (χ1n) is 8.62. The maximum absolute atomic E-state index is 12.6. The van der Waals surface area contributed by atoms with Crippen LogP contribution in [-0.4, -0.2) is 58.9 Å². The predicted octanol–water partition coefficient (Wildman–Crippen LogP) is 1.04. The van der Waals surface area contributed by atoms with Crippen LogP contribution in [0.3, 0.4) is 0 Å². The molecule has 1 aliphatic rings. The van der Waals surface area contributed by atoms with Crippen LogP contribution in [0.5, 0.6) is 0 Å². The zero-order valence-corrected chi connectivity index (χ0v) is 14.3. The molecule has 0 atom stereocenters. The van der Waals surface area contributed by atoms with Gasteiger partial charge in [0, 0.05) is 44.3 Å². The Kier molecular flexibility index (Phi) is 5.50. The van der Waals surface area contributed by atoms with Crippen molar-refractivity contribution in [1.82, 2.24) is 14.4 Å². The molecule has 2 heterocycles. The first kappa shape index (κ1) is 17.2. The van der Waals surface area contributed by atoms with Gasteiger partial charge < -0.3 is 15.2 Å². The molecule has 3 rings (SSSR count). The second-order valence-electron chi connectivity index (χ2n) is 6.41. The molecule has 1 aliphatic heterocycles. The van der Waals surface area contributed by atoms with Crippen molar-refractivity contribution >= 4 is 11.8 Å². The number of rotatable bonds is 5. The van der Waals surface area contributed by atoms with E-state index in [2.05, 4.69) is 0 Å². The summed E-state index contributed by atoms with van der Waals surface area (Å²) in [7, 11) is 0. The third kappa shape index (κ3) is 4.70. The summed E-state index contributed by atoms with van der Waals surface area (Å²) >= 11 is 0. The highest BCUT2D eigenvalue weighted by atomic mass is 16.2. The van der Waals surface area contributed by atoms with Crippen LogP contribution in [-0.2, 0) is 16.0 Å². The van der Waals surface area contributed by atoms with Crippen molar-refractivity contribution in [3.8, 4) is 5.69 Å². The van der Waals surface area contributed by atoms with Crippen LogP contribution in [0.15, 0.2) is 48.8 Å². The summed E-state index contributed by atoms with van der Waals surface area (Å²) in [6.45, 7) is 3.14. The van der Waals surface area contributed by atoms with Gasteiger partial charge in [-0.2, -0.15) is 0 Å². The van der Waals surface area contributed by atoms with Gasteiger partial charge in [-0.05, 0) is 36.2 Å². The largest absolute Gasteiger partial charge is 0.369 e. The molecule has 132 valence electrons. The Morgan fingerprint density at radius 3 is 2.36 bits per heavy atom. The topological polar surface area (TPSA) is 71.6 Å². The van der Waals surface area contributed by atoms with Crippen molar-refractivity contribution in [2.75, 3.05) is 32.7 Å². The molecule has 0 bridgehead atoms. The summed E-state index contributed by atoms with van der Waals surface area (Å²) in [5.41, 5.74) is 7.35. The normalized spacial score (nSPS) is 15.8. The molecule has 6 heteroatoms. The van der Waals surface area contributed by atoms with Gasteiger partial charge in [0.2, 0.25) is 11.8 Å². The first-order valence-corrected chi connectivity index (χ1v) is 8.62. The van der Waals surface area contributed by atoms with Crippen LogP contribution < -0.4 is 5.73 Å². The Hall–Kier alpha value is -2.60. The van der Waals surface area contributed by atoms with Gasteiger partial charge in [0.15, 0.2) is 0 Å². The molecule has 1 fully saturated rings. The van der Waals surface area contributed by atoms with Crippen molar-refractivity contribution in [2.24, 2.45) is 5.73 Å². The molecule has 1 aromatic carbocycles. The molecule has 1 aromatic heterocycles. The molecule has 2 amide bonds. The molecule has 0 radical (unpaired) electrons. The number of nitrogens with zero attached hydrogens (tertiary/aromatic N) is 3. The fourth-order valence-electron chi connectivity index (χ4n) is 3.18. The van der Waals surface area contributed by atoms with Gasteiger partial charge in [-0.25, -0.2) is 0 Å². The number of amides is 2. The lowest BCUT2D eigenvalue weighted by Crippen LogP contribution is -2.38. The van der Waals surface area contributed by atoms with Gasteiger partial charge in [-0.3, -0.25) is 14.5 Å². The molecule has 25 heavy (non-hydrogen) atoms. The number of aromatic nitrogens is 1. The minimum absolute atomic E-state index is 0.134. The molecule has 0 saturated carbocycles. The highest BCUT2D eigenvalue weighted by Crippen LogP contribution is 2.12. The zero-order valence-electron chi connectivity index (χ0n) is 14.3. The minimum Gasteiger partial charge on any atom is -0.369 e. The zero-order chi connectivity index (χ0) is 17.6. The number of carbonyl (C=O) groups excluding carboxylic acids is 2. The Bertz CT molecular complexity index is 710. The van der Waals surface area contributed by atoms with Crippen molar-refractivity contribution in [3.63, 3.8) is 0 Å². The Morgan fingerprint density at radius 1 is 0.960 bits per heavy atom. The summed E-state index contributed by atoms with van der Waals surface area (Å²) in [6, 6.07) is 12.0. The number of benzene rings is 1. The average Bonchev–Trinajstić information content (AvgIpc) is 3.02. The average molecular weight is 340 g/mol. The lowest BCUT2D eigenvalue weighted by molar-refractivity contribution is -0.130. The number of hydrogen-bond acceptors (Lipinski definition) is 3. The Balaban J connectivity index is 1.56. The van der Waals surface area contributed by atoms with E-state index in [1.807, 2.05) is 63.2 Å². The summed E-state index contributed by atoms with van der Waals surface area (Å²) in [5, 5.41) is 0. The first-order chi connectivity index (χ1) is 12.1. The maximum atomic E-state index is 12.6. The summed E-state index contributed by atoms with van der Waals surface area (Å²) in [4.78, 5) is 27.5. The fourth-order valence-corrected chi connectivity index (χ4v) is 3.18. The summed E-state index contributed by atoms with van der Waals surface area (Å²) in [5.74, 6) is -0.183. The number of hydrogen-bond donors (Lipinski definition) is 1. The summed E-state index contributed by atoms with van der Waals surface area (Å²) in [6.07, 6.45) is 5.26. The van der Waals surface area contributed by atoms with E-state index in [9.17, 15) is 9.59 Å². The highest BCUT2D eigenvalue weighted by molar-refractivity contribution is 5.79. The van der Waals surface area contributed by atoms with Gasteiger partial charge >= 0.3 is 0 Å². The SMILES string of the molecule is NC(=O)CN1CCCN(C(=O)Cc2ccc(-n3cccc3)cc2)CC1. The van der Waals surface area contributed by atoms with Gasteiger partial charge in [-0.1, -0.05) is 12.1 Å². The highest BCUT2D eigenvalue weighted by Gasteiger charge is 2.20. The third-order valence-electron chi connectivity index (χ3n) is 4.51. The lowest BCUT2D eigenvalue weighted by Gasteiger charge is -2.21. The van der Waals surface area contributed by atoms with E-state index in [-0.39, 0.29) is 18.4 Å². The molecule has 6 nitrogen and oxygen atoms in total. The number of nitrogens with two attached hydrogens (primary N) is 1. The molecular formula is C19H24N4O2. The Labute approximate surface area is 147 Å². The van der Waals surface area contributed by atoms with Gasteiger partial charge in [0.05, 0.1) is 13.0 Å². The minimum atomic E-state index is -0.317. The predicted molar refractivity (Wildman–Crippen MR) is 96.3 cm³/mol. The van der Waals surface area contributed by atoms with Crippen LogP contribution in [0.4, 0.5) is 0 Å². The monoisotopic (exact) mass is 340 g/mol. The van der Waals surface area contributed by atoms with Crippen molar-refractivity contribution in [3.05, 3.63) is 54.4 Å². The van der Waals surface area contributed by atoms with Crippen molar-refractivity contribution in [1.29, 1.82) is 0 Å². The van der Waals surface area contributed by atoms with E-state index in [0.29, 0.717) is 19.5 Å². The van der Waals surface area contributed by atoms with Crippen LogP contribution in [0.2, 0.25) is 0 Å². The van der Waals surface area contributed by atoms with Crippen molar-refractivity contribution < 1.29 is 9.59 Å². The van der Waals surface area contributed by atoms with E-state index in [1.54, 1.807) is 0 Å². The number of carbonyl (C=O) groups is 2. The van der Waals surface area contributed by atoms with Crippen LogP contribution in [0.25, 0.3) is 5.69 Å². The fraction of sp³-hybridized carbons (Fsp3) is 0.368. The van der Waals surface area contributed by atoms with E-state index in [1.165, 1.54) is 0 Å². The lowest BCUT2D eigenvalue weighted by atomic mass is 10.1. The third-order valence-corrected chi connectivity index (χ3v) is 4.51. The standard InChI is InChI=1S/C19H24N4O2/c20-18(24)15-21-8-3-11-23(13-12-21)19(25)14-16-4-6-17(7-5-16)22-9-1-2-10-22/h1-2,4-7,9-10H,3,8,11-15H2,(H2,20,24). The van der Waals surface area contributed by atoms with Gasteiger partial charge in [0.25, 0.3) is 0 Å². The van der Waals surface area contributed by atoms with Crippen molar-refractivity contribution in [2.45, 2.75) is 12.8 Å². The molecule has 0 spiro atoms. The second-order valence-corrected chi connectivity index (χ2v) is 6.41. The van der Waals surface area contributed by atoms with E-state index in [0.717, 1.165) is 30.8 Å². The molecule has 1 saturated heterocycles. The van der Waals surface area contributed by atoms with E-state index in [4.69, 9.17) is 5.73 Å². The van der Waals surface area contributed by atoms with Gasteiger partial charge in [0.1, 0.15) is 0 Å². The quantitative estimate of drug-likeness (QED) is 0.884. The molecule has 0 aliphatic carbocycles. The molecule has 0 unspecified atom stereocenters. The molecular weight excluding hydrogens is 316 g/mol. The smallest absolute Gasteiger partial charge is 0.231 e. The van der Waals surface area contributed by atoms with Crippen LogP contribution in [0.1, 0.15) is 12.0 Å². The van der Waals surface area contributed by atoms with Crippen LogP contribution >= 0.6 is 0 Å². The Morgan fingerprint density at radius 2 is 1.68 bits per heavy atom. The van der Waals surface area contributed by atoms with E-state index < -0.39 is 0 Å². The van der Waals surface area contributed by atoms with Gasteiger partial charge in [-0.15, -0.1) is 0 Å². The number of primary amides is 1. The molecule has 2 N–H and O–H groups in total. The summed E-state index contributed by atoms with van der Waals surface area (Å²) < 4.78 is 2.04. The second kappa shape index (κ2) is 7.98. The molecule has 2 aromatic rings.